The molecule has 2 aromatic rings. The molecule has 2 N–H and O–H groups in total. The molecule has 0 aliphatic rings. The van der Waals surface area contributed by atoms with Crippen LogP contribution in [-0.4, -0.2) is 23.6 Å². The van der Waals surface area contributed by atoms with E-state index in [0.29, 0.717) is 22.5 Å². The summed E-state index contributed by atoms with van der Waals surface area (Å²) in [5, 5.41) is 6.88. The fourth-order valence-corrected chi connectivity index (χ4v) is 1.90. The van der Waals surface area contributed by atoms with Gasteiger partial charge in [0.05, 0.1) is 12.1 Å². The fraction of sp³-hybridized carbons (Fsp3) is 0.286. The van der Waals surface area contributed by atoms with Crippen LogP contribution in [0.3, 0.4) is 0 Å². The summed E-state index contributed by atoms with van der Waals surface area (Å²) in [4.78, 5) is 8.53. The molecule has 0 aliphatic heterocycles. The minimum atomic E-state index is 0.552. The lowest BCUT2D eigenvalue weighted by Crippen LogP contribution is -2.05. The maximum Gasteiger partial charge on any atom is 0.224 e. The molecule has 6 heteroatoms. The molecule has 0 radical (unpaired) electrons. The molecule has 5 nitrogen and oxygen atoms in total. The molecule has 1 aromatic carbocycles. The summed E-state index contributed by atoms with van der Waals surface area (Å²) in [6, 6.07) is 7.28. The van der Waals surface area contributed by atoms with Gasteiger partial charge in [0.1, 0.15) is 11.6 Å². The number of nitrogens with one attached hydrogen (secondary N) is 2. The van der Waals surface area contributed by atoms with Gasteiger partial charge in [-0.3, -0.25) is 0 Å². The Bertz CT molecular complexity index is 577. The van der Waals surface area contributed by atoms with Crippen LogP contribution < -0.4 is 15.4 Å². The highest BCUT2D eigenvalue weighted by Gasteiger charge is 2.03. The number of rotatable bonds is 6. The van der Waals surface area contributed by atoms with Crippen molar-refractivity contribution in [3.8, 4) is 5.75 Å². The molecule has 20 heavy (non-hydrogen) atoms. The highest BCUT2D eigenvalue weighted by atomic mass is 35.5. The normalized spacial score (nSPS) is 10.2. The van der Waals surface area contributed by atoms with Crippen LogP contribution in [0.15, 0.2) is 30.5 Å². The second-order valence-corrected chi connectivity index (χ2v) is 4.57. The number of benzene rings is 1. The number of halogens is 1. The van der Waals surface area contributed by atoms with E-state index >= 15 is 0 Å². The Morgan fingerprint density at radius 3 is 2.85 bits per heavy atom. The molecule has 0 bridgehead atoms. The van der Waals surface area contributed by atoms with E-state index in [1.54, 1.807) is 25.4 Å². The summed E-state index contributed by atoms with van der Waals surface area (Å²) in [6.45, 7) is 2.94. The molecule has 0 aliphatic carbocycles. The van der Waals surface area contributed by atoms with Gasteiger partial charge in [-0.15, -0.1) is 0 Å². The molecular formula is C14H17ClN4O. The van der Waals surface area contributed by atoms with Crippen molar-refractivity contribution in [2.24, 2.45) is 0 Å². The van der Waals surface area contributed by atoms with Crippen LogP contribution in [0.1, 0.15) is 13.3 Å². The highest BCUT2D eigenvalue weighted by Crippen LogP contribution is 2.28. The van der Waals surface area contributed by atoms with Crippen molar-refractivity contribution in [1.29, 1.82) is 0 Å². The molecular weight excluding hydrogens is 276 g/mol. The number of nitrogens with zero attached hydrogens (tertiary/aromatic N) is 2. The lowest BCUT2D eigenvalue weighted by Gasteiger charge is -2.09. The summed E-state index contributed by atoms with van der Waals surface area (Å²) in [7, 11) is 1.59. The summed E-state index contributed by atoms with van der Waals surface area (Å²) >= 11 is 6.09. The monoisotopic (exact) mass is 292 g/mol. The van der Waals surface area contributed by atoms with E-state index in [4.69, 9.17) is 16.3 Å². The zero-order chi connectivity index (χ0) is 14.4. The Hall–Kier alpha value is -2.01. The minimum absolute atomic E-state index is 0.552. The van der Waals surface area contributed by atoms with Gasteiger partial charge in [0, 0.05) is 18.4 Å². The average Bonchev–Trinajstić information content (AvgIpc) is 2.46. The van der Waals surface area contributed by atoms with Gasteiger partial charge in [-0.05, 0) is 30.7 Å². The Balaban J connectivity index is 2.11. The molecule has 1 heterocycles. The van der Waals surface area contributed by atoms with E-state index in [2.05, 4.69) is 27.5 Å². The Kier molecular flexibility index (Phi) is 5.01. The van der Waals surface area contributed by atoms with Gasteiger partial charge in [0.15, 0.2) is 0 Å². The third-order valence-corrected chi connectivity index (χ3v) is 2.91. The third kappa shape index (κ3) is 3.74. The van der Waals surface area contributed by atoms with Crippen molar-refractivity contribution in [3.63, 3.8) is 0 Å². The van der Waals surface area contributed by atoms with Crippen LogP contribution in [0.4, 0.5) is 17.5 Å². The van der Waals surface area contributed by atoms with Crippen molar-refractivity contribution in [1.82, 2.24) is 9.97 Å². The molecule has 2 rings (SSSR count). The zero-order valence-electron chi connectivity index (χ0n) is 11.5. The first kappa shape index (κ1) is 14.4. The maximum absolute atomic E-state index is 6.09. The number of anilines is 3. The second-order valence-electron chi connectivity index (χ2n) is 4.17. The topological polar surface area (TPSA) is 59.1 Å². The van der Waals surface area contributed by atoms with Crippen LogP contribution in [-0.2, 0) is 0 Å². The number of methoxy groups -OCH3 is 1. The number of hydrogen-bond acceptors (Lipinski definition) is 5. The first-order valence-corrected chi connectivity index (χ1v) is 6.78. The largest absolute Gasteiger partial charge is 0.495 e. The summed E-state index contributed by atoms with van der Waals surface area (Å²) < 4.78 is 5.12. The lowest BCUT2D eigenvalue weighted by molar-refractivity contribution is 0.415. The lowest BCUT2D eigenvalue weighted by atomic mass is 10.3. The molecule has 106 valence electrons. The van der Waals surface area contributed by atoms with E-state index < -0.39 is 0 Å². The highest BCUT2D eigenvalue weighted by molar-refractivity contribution is 6.32. The number of aromatic nitrogens is 2. The Morgan fingerprint density at radius 1 is 1.30 bits per heavy atom. The van der Waals surface area contributed by atoms with Crippen LogP contribution in [0, 0.1) is 0 Å². The van der Waals surface area contributed by atoms with Crippen molar-refractivity contribution in [3.05, 3.63) is 35.5 Å². The third-order valence-electron chi connectivity index (χ3n) is 2.61. The number of hydrogen-bond donors (Lipinski definition) is 2. The quantitative estimate of drug-likeness (QED) is 0.850. The first-order chi connectivity index (χ1) is 9.72. The van der Waals surface area contributed by atoms with E-state index in [1.807, 2.05) is 12.1 Å². The Labute approximate surface area is 123 Å². The minimum Gasteiger partial charge on any atom is -0.495 e. The molecule has 1 aromatic heterocycles. The van der Waals surface area contributed by atoms with Crippen LogP contribution in [0.25, 0.3) is 0 Å². The summed E-state index contributed by atoms with van der Waals surface area (Å²) in [5.41, 5.74) is 0.843. The second kappa shape index (κ2) is 6.96. The van der Waals surface area contributed by atoms with E-state index in [1.165, 1.54) is 0 Å². The first-order valence-electron chi connectivity index (χ1n) is 6.40. The van der Waals surface area contributed by atoms with Gasteiger partial charge < -0.3 is 15.4 Å². The van der Waals surface area contributed by atoms with Crippen molar-refractivity contribution < 1.29 is 4.74 Å². The van der Waals surface area contributed by atoms with Crippen molar-refractivity contribution >= 4 is 29.1 Å². The van der Waals surface area contributed by atoms with E-state index in [-0.39, 0.29) is 0 Å². The van der Waals surface area contributed by atoms with Gasteiger partial charge in [0.25, 0.3) is 0 Å². The van der Waals surface area contributed by atoms with Crippen LogP contribution >= 0.6 is 11.6 Å². The standard InChI is InChI=1S/C14H17ClN4O/c1-3-7-16-14-17-8-6-13(19-14)18-10-4-5-12(20-2)11(15)9-10/h4-6,8-9H,3,7H2,1-2H3,(H2,16,17,18,19). The van der Waals surface area contributed by atoms with Gasteiger partial charge in [0.2, 0.25) is 5.95 Å². The van der Waals surface area contributed by atoms with Crippen molar-refractivity contribution in [2.75, 3.05) is 24.3 Å². The molecule has 0 saturated heterocycles. The predicted molar refractivity (Wildman–Crippen MR) is 82.1 cm³/mol. The Morgan fingerprint density at radius 2 is 2.15 bits per heavy atom. The van der Waals surface area contributed by atoms with Crippen LogP contribution in [0.5, 0.6) is 5.75 Å². The molecule has 0 saturated carbocycles. The summed E-state index contributed by atoms with van der Waals surface area (Å²) in [6.07, 6.45) is 2.73. The maximum atomic E-state index is 6.09. The summed E-state index contributed by atoms with van der Waals surface area (Å²) in [5.74, 6) is 1.96. The van der Waals surface area contributed by atoms with Crippen LogP contribution in [0.2, 0.25) is 5.02 Å². The van der Waals surface area contributed by atoms with Gasteiger partial charge in [-0.1, -0.05) is 18.5 Å². The molecule has 0 amide bonds. The molecule has 0 fully saturated rings. The molecule has 0 spiro atoms. The fourth-order valence-electron chi connectivity index (χ4n) is 1.64. The SMILES string of the molecule is CCCNc1nccc(Nc2ccc(OC)c(Cl)c2)n1. The van der Waals surface area contributed by atoms with Crippen molar-refractivity contribution in [2.45, 2.75) is 13.3 Å². The average molecular weight is 293 g/mol. The zero-order valence-corrected chi connectivity index (χ0v) is 12.2. The molecule has 0 atom stereocenters. The molecule has 0 unspecified atom stereocenters. The smallest absolute Gasteiger partial charge is 0.224 e. The van der Waals surface area contributed by atoms with Gasteiger partial charge >= 0.3 is 0 Å². The number of ether oxygens (including phenoxy) is 1. The van der Waals surface area contributed by atoms with E-state index in [9.17, 15) is 0 Å². The predicted octanol–water partition coefficient (Wildman–Crippen LogP) is 3.70. The van der Waals surface area contributed by atoms with E-state index in [0.717, 1.165) is 18.7 Å². The van der Waals surface area contributed by atoms with Gasteiger partial charge in [-0.25, -0.2) is 4.98 Å². The van der Waals surface area contributed by atoms with Gasteiger partial charge in [-0.2, -0.15) is 4.98 Å².